The van der Waals surface area contributed by atoms with E-state index in [1.54, 1.807) is 0 Å². The van der Waals surface area contributed by atoms with Crippen molar-refractivity contribution in [3.8, 4) is 0 Å². The van der Waals surface area contributed by atoms with Crippen molar-refractivity contribution in [2.75, 3.05) is 13.2 Å². The standard InChI is InChI=1S/C9H14O6/c10-9(13-7-3-1-5-11-7)15-14-8-4-2-6-12-8/h7-8H,1-6H2. The molecule has 0 aliphatic carbocycles. The SMILES string of the molecule is O=C(OOC1CCCO1)OC1CCCO1. The second kappa shape index (κ2) is 5.29. The molecule has 0 radical (unpaired) electrons. The molecule has 2 aliphatic heterocycles. The normalized spacial score (nSPS) is 30.4. The fraction of sp³-hybridized carbons (Fsp3) is 0.889. The molecule has 0 aromatic carbocycles. The second-order valence-corrected chi connectivity index (χ2v) is 3.43. The fourth-order valence-electron chi connectivity index (χ4n) is 1.48. The van der Waals surface area contributed by atoms with Crippen LogP contribution >= 0.6 is 0 Å². The van der Waals surface area contributed by atoms with Crippen LogP contribution in [-0.4, -0.2) is 31.9 Å². The van der Waals surface area contributed by atoms with Gasteiger partial charge in [-0.15, -0.1) is 4.89 Å². The third kappa shape index (κ3) is 3.33. The summed E-state index contributed by atoms with van der Waals surface area (Å²) in [6.45, 7) is 1.25. The average Bonchev–Trinajstić information content (AvgIpc) is 2.86. The molecular formula is C9H14O6. The predicted octanol–water partition coefficient (Wildman–Crippen LogP) is 1.34. The van der Waals surface area contributed by atoms with Crippen LogP contribution in [0.3, 0.4) is 0 Å². The fourth-order valence-corrected chi connectivity index (χ4v) is 1.48. The maximum absolute atomic E-state index is 11.1. The summed E-state index contributed by atoms with van der Waals surface area (Å²) in [7, 11) is 0. The van der Waals surface area contributed by atoms with E-state index < -0.39 is 18.7 Å². The smallest absolute Gasteiger partial charge is 0.402 e. The van der Waals surface area contributed by atoms with Gasteiger partial charge in [-0.25, -0.2) is 4.79 Å². The van der Waals surface area contributed by atoms with Crippen LogP contribution in [0.4, 0.5) is 4.79 Å². The zero-order valence-corrected chi connectivity index (χ0v) is 8.35. The molecule has 0 bridgehead atoms. The highest BCUT2D eigenvalue weighted by atomic mass is 17.3. The van der Waals surface area contributed by atoms with Crippen molar-refractivity contribution in [1.29, 1.82) is 0 Å². The van der Waals surface area contributed by atoms with Crippen molar-refractivity contribution in [3.63, 3.8) is 0 Å². The maximum atomic E-state index is 11.1. The van der Waals surface area contributed by atoms with E-state index in [1.807, 2.05) is 0 Å². The van der Waals surface area contributed by atoms with Crippen LogP contribution in [0, 0.1) is 0 Å². The maximum Gasteiger partial charge on any atom is 0.542 e. The van der Waals surface area contributed by atoms with Crippen molar-refractivity contribution in [3.05, 3.63) is 0 Å². The van der Waals surface area contributed by atoms with Gasteiger partial charge >= 0.3 is 6.16 Å². The molecule has 2 atom stereocenters. The minimum Gasteiger partial charge on any atom is -0.402 e. The highest BCUT2D eigenvalue weighted by Crippen LogP contribution is 2.16. The molecule has 2 rings (SSSR count). The third-order valence-corrected chi connectivity index (χ3v) is 2.23. The van der Waals surface area contributed by atoms with Crippen molar-refractivity contribution in [1.82, 2.24) is 0 Å². The van der Waals surface area contributed by atoms with Crippen LogP contribution in [-0.2, 0) is 24.0 Å². The molecule has 2 fully saturated rings. The van der Waals surface area contributed by atoms with Gasteiger partial charge in [0.05, 0.1) is 13.2 Å². The van der Waals surface area contributed by atoms with Crippen molar-refractivity contribution in [2.24, 2.45) is 0 Å². The average molecular weight is 218 g/mol. The molecule has 0 aromatic rings. The van der Waals surface area contributed by atoms with Crippen LogP contribution in [0.2, 0.25) is 0 Å². The Bertz CT molecular complexity index is 207. The van der Waals surface area contributed by atoms with E-state index in [9.17, 15) is 4.79 Å². The van der Waals surface area contributed by atoms with Gasteiger partial charge in [-0.2, -0.15) is 0 Å². The Balaban J connectivity index is 1.59. The summed E-state index contributed by atoms with van der Waals surface area (Å²) >= 11 is 0. The molecule has 2 heterocycles. The highest BCUT2D eigenvalue weighted by molar-refractivity contribution is 5.59. The summed E-state index contributed by atoms with van der Waals surface area (Å²) in [4.78, 5) is 20.2. The third-order valence-electron chi connectivity index (χ3n) is 2.23. The van der Waals surface area contributed by atoms with Crippen LogP contribution < -0.4 is 0 Å². The number of rotatable bonds is 3. The summed E-state index contributed by atoms with van der Waals surface area (Å²) in [6.07, 6.45) is 1.41. The molecule has 0 aromatic heterocycles. The molecule has 6 heteroatoms. The van der Waals surface area contributed by atoms with Crippen LogP contribution in [0.25, 0.3) is 0 Å². The van der Waals surface area contributed by atoms with E-state index in [1.165, 1.54) is 0 Å². The van der Waals surface area contributed by atoms with Gasteiger partial charge in [-0.3, -0.25) is 4.89 Å². The Morgan fingerprint density at radius 3 is 2.33 bits per heavy atom. The summed E-state index contributed by atoms with van der Waals surface area (Å²) in [5.74, 6) is 0. The van der Waals surface area contributed by atoms with Gasteiger partial charge in [0.2, 0.25) is 12.6 Å². The van der Waals surface area contributed by atoms with Gasteiger partial charge in [0, 0.05) is 12.8 Å². The first-order chi connectivity index (χ1) is 7.34. The van der Waals surface area contributed by atoms with Crippen LogP contribution in [0.15, 0.2) is 0 Å². The molecular weight excluding hydrogens is 204 g/mol. The first kappa shape index (κ1) is 10.7. The van der Waals surface area contributed by atoms with Gasteiger partial charge in [0.1, 0.15) is 0 Å². The largest absolute Gasteiger partial charge is 0.542 e. The van der Waals surface area contributed by atoms with E-state index in [-0.39, 0.29) is 0 Å². The van der Waals surface area contributed by atoms with E-state index >= 15 is 0 Å². The molecule has 2 saturated heterocycles. The number of carbonyl (C=O) groups excluding carboxylic acids is 1. The minimum atomic E-state index is -0.877. The lowest BCUT2D eigenvalue weighted by molar-refractivity contribution is -0.341. The summed E-state index contributed by atoms with van der Waals surface area (Å²) < 4.78 is 15.0. The summed E-state index contributed by atoms with van der Waals surface area (Å²) in [6, 6.07) is 0. The molecule has 0 spiro atoms. The number of hydrogen-bond acceptors (Lipinski definition) is 6. The monoisotopic (exact) mass is 218 g/mol. The highest BCUT2D eigenvalue weighted by Gasteiger charge is 2.23. The van der Waals surface area contributed by atoms with Gasteiger partial charge < -0.3 is 14.2 Å². The van der Waals surface area contributed by atoms with Crippen LogP contribution in [0.5, 0.6) is 0 Å². The Labute approximate surface area is 87.3 Å². The molecule has 15 heavy (non-hydrogen) atoms. The molecule has 2 aliphatic rings. The number of ether oxygens (including phenoxy) is 3. The predicted molar refractivity (Wildman–Crippen MR) is 46.6 cm³/mol. The molecule has 86 valence electrons. The molecule has 0 saturated carbocycles. The van der Waals surface area contributed by atoms with Crippen LogP contribution in [0.1, 0.15) is 25.7 Å². The zero-order valence-electron chi connectivity index (χ0n) is 8.35. The first-order valence-corrected chi connectivity index (χ1v) is 5.12. The van der Waals surface area contributed by atoms with Gasteiger partial charge in [-0.1, -0.05) is 0 Å². The van der Waals surface area contributed by atoms with Gasteiger partial charge in [0.25, 0.3) is 0 Å². The Hall–Kier alpha value is -0.850. The Kier molecular flexibility index (Phi) is 3.76. The molecule has 6 nitrogen and oxygen atoms in total. The Morgan fingerprint density at radius 2 is 1.73 bits per heavy atom. The first-order valence-electron chi connectivity index (χ1n) is 5.12. The van der Waals surface area contributed by atoms with Crippen molar-refractivity contribution < 1.29 is 28.8 Å². The quantitative estimate of drug-likeness (QED) is 0.404. The minimum absolute atomic E-state index is 0.456. The van der Waals surface area contributed by atoms with Crippen molar-refractivity contribution >= 4 is 6.16 Å². The second-order valence-electron chi connectivity index (χ2n) is 3.43. The molecule has 0 amide bonds. The van der Waals surface area contributed by atoms with E-state index in [0.717, 1.165) is 19.3 Å². The lowest BCUT2D eigenvalue weighted by Crippen LogP contribution is -2.20. The number of hydrogen-bond donors (Lipinski definition) is 0. The number of carbonyl (C=O) groups is 1. The lowest BCUT2D eigenvalue weighted by atomic mass is 10.4. The van der Waals surface area contributed by atoms with Gasteiger partial charge in [0.15, 0.2) is 0 Å². The topological polar surface area (TPSA) is 63.2 Å². The summed E-state index contributed by atoms with van der Waals surface area (Å²) in [5.41, 5.74) is 0. The molecule has 2 unspecified atom stereocenters. The van der Waals surface area contributed by atoms with Gasteiger partial charge in [-0.05, 0) is 12.8 Å². The summed E-state index contributed by atoms with van der Waals surface area (Å²) in [5, 5.41) is 0. The lowest BCUT2D eigenvalue weighted by Gasteiger charge is -2.12. The van der Waals surface area contributed by atoms with E-state index in [0.29, 0.717) is 19.6 Å². The zero-order chi connectivity index (χ0) is 10.5. The van der Waals surface area contributed by atoms with E-state index in [4.69, 9.17) is 19.1 Å². The molecule has 0 N–H and O–H groups in total. The van der Waals surface area contributed by atoms with Crippen molar-refractivity contribution in [2.45, 2.75) is 38.3 Å². The van der Waals surface area contributed by atoms with E-state index in [2.05, 4.69) is 4.89 Å². The Morgan fingerprint density at radius 1 is 1.07 bits per heavy atom.